The van der Waals surface area contributed by atoms with Crippen molar-refractivity contribution >= 4 is 11.7 Å². The highest BCUT2D eigenvalue weighted by Gasteiger charge is 2.19. The number of nitrogens with zero attached hydrogens (tertiary/aromatic N) is 2. The Bertz CT molecular complexity index is 928. The van der Waals surface area contributed by atoms with Crippen LogP contribution in [0.5, 0.6) is 0 Å². The Morgan fingerprint density at radius 1 is 1.13 bits per heavy atom. The summed E-state index contributed by atoms with van der Waals surface area (Å²) < 4.78 is 6.25. The van der Waals surface area contributed by atoms with Gasteiger partial charge in [-0.1, -0.05) is 18.2 Å². The van der Waals surface area contributed by atoms with Crippen LogP contribution in [0.4, 0.5) is 0 Å². The first kappa shape index (κ1) is 14.5. The van der Waals surface area contributed by atoms with Gasteiger partial charge in [-0.25, -0.2) is 4.68 Å². The lowest BCUT2D eigenvalue weighted by molar-refractivity contribution is 0.0997. The van der Waals surface area contributed by atoms with Crippen molar-refractivity contribution in [2.45, 2.75) is 0 Å². The second-order valence-corrected chi connectivity index (χ2v) is 4.71. The molecule has 0 aliphatic heterocycles. The van der Waals surface area contributed by atoms with E-state index in [1.54, 1.807) is 36.4 Å². The molecular formula is C16H12N4O3. The number of hydrogen-bond acceptors (Lipinski definition) is 5. The van der Waals surface area contributed by atoms with E-state index in [4.69, 9.17) is 15.6 Å². The van der Waals surface area contributed by atoms with Gasteiger partial charge in [0, 0.05) is 0 Å². The third-order valence-electron chi connectivity index (χ3n) is 3.20. The summed E-state index contributed by atoms with van der Waals surface area (Å²) in [6, 6.07) is 13.0. The molecule has 0 saturated carbocycles. The topological polar surface area (TPSA) is 115 Å². The Kier molecular flexibility index (Phi) is 3.60. The quantitative estimate of drug-likeness (QED) is 0.706. The molecule has 0 fully saturated rings. The van der Waals surface area contributed by atoms with Crippen molar-refractivity contribution in [2.24, 2.45) is 5.73 Å². The van der Waals surface area contributed by atoms with E-state index in [0.717, 1.165) is 0 Å². The van der Waals surface area contributed by atoms with E-state index in [2.05, 4.69) is 5.10 Å². The number of benzene rings is 1. The molecule has 1 aromatic carbocycles. The number of furan rings is 1. The zero-order valence-corrected chi connectivity index (χ0v) is 11.9. The van der Waals surface area contributed by atoms with Gasteiger partial charge in [-0.2, -0.15) is 5.10 Å². The predicted molar refractivity (Wildman–Crippen MR) is 80.1 cm³/mol. The van der Waals surface area contributed by atoms with Gasteiger partial charge in [0.15, 0.2) is 11.2 Å². The molecule has 1 amide bonds. The Hall–Kier alpha value is -3.48. The third-order valence-corrected chi connectivity index (χ3v) is 3.20. The normalized spacial score (nSPS) is 10.4. The van der Waals surface area contributed by atoms with Crippen LogP contribution in [-0.2, 0) is 0 Å². The first-order valence-electron chi connectivity index (χ1n) is 6.70. The van der Waals surface area contributed by atoms with Gasteiger partial charge in [-0.3, -0.25) is 15.0 Å². The average Bonchev–Trinajstić information content (AvgIpc) is 3.09. The summed E-state index contributed by atoms with van der Waals surface area (Å²) in [7, 11) is 0. The molecule has 7 heteroatoms. The molecule has 0 radical (unpaired) electrons. The van der Waals surface area contributed by atoms with Gasteiger partial charge in [0.2, 0.25) is 5.78 Å². The SMILES string of the molecule is N=c1c(C(N)=O)cc(C(=O)c2ccco2)nn1-c1ccccc1. The number of carbonyl (C=O) groups is 2. The summed E-state index contributed by atoms with van der Waals surface area (Å²) in [6.07, 6.45) is 1.37. The fraction of sp³-hybridized carbons (Fsp3) is 0. The van der Waals surface area contributed by atoms with Crippen LogP contribution in [0.15, 0.2) is 59.2 Å². The summed E-state index contributed by atoms with van der Waals surface area (Å²) in [5, 5.41) is 12.2. The molecule has 0 aliphatic carbocycles. The van der Waals surface area contributed by atoms with Crippen LogP contribution in [0.2, 0.25) is 0 Å². The van der Waals surface area contributed by atoms with Crippen LogP contribution in [-0.4, -0.2) is 21.5 Å². The van der Waals surface area contributed by atoms with E-state index < -0.39 is 11.7 Å². The van der Waals surface area contributed by atoms with Gasteiger partial charge < -0.3 is 10.2 Å². The van der Waals surface area contributed by atoms with Crippen LogP contribution in [0.3, 0.4) is 0 Å². The Labute approximate surface area is 130 Å². The monoisotopic (exact) mass is 308 g/mol. The molecule has 2 aromatic heterocycles. The summed E-state index contributed by atoms with van der Waals surface area (Å²) >= 11 is 0. The number of nitrogens with two attached hydrogens (primary N) is 1. The maximum atomic E-state index is 12.4. The minimum Gasteiger partial charge on any atom is -0.461 e. The van der Waals surface area contributed by atoms with E-state index in [-0.39, 0.29) is 22.5 Å². The molecule has 3 aromatic rings. The van der Waals surface area contributed by atoms with Crippen molar-refractivity contribution in [3.05, 3.63) is 77.3 Å². The summed E-state index contributed by atoms with van der Waals surface area (Å²) in [5.74, 6) is -1.22. The lowest BCUT2D eigenvalue weighted by Gasteiger charge is -2.09. The van der Waals surface area contributed by atoms with Gasteiger partial charge in [0.1, 0.15) is 5.69 Å². The molecular weight excluding hydrogens is 296 g/mol. The summed E-state index contributed by atoms with van der Waals surface area (Å²) in [5.41, 5.74) is 5.52. The average molecular weight is 308 g/mol. The van der Waals surface area contributed by atoms with Crippen LogP contribution >= 0.6 is 0 Å². The Morgan fingerprint density at radius 3 is 2.48 bits per heavy atom. The van der Waals surface area contributed by atoms with E-state index in [1.165, 1.54) is 23.1 Å². The van der Waals surface area contributed by atoms with Crippen molar-refractivity contribution in [3.8, 4) is 5.69 Å². The smallest absolute Gasteiger partial charge is 0.252 e. The van der Waals surface area contributed by atoms with Crippen molar-refractivity contribution in [1.29, 1.82) is 5.41 Å². The Morgan fingerprint density at radius 2 is 1.87 bits per heavy atom. The van der Waals surface area contributed by atoms with Crippen LogP contribution in [0.1, 0.15) is 26.6 Å². The van der Waals surface area contributed by atoms with Crippen LogP contribution in [0.25, 0.3) is 5.69 Å². The van der Waals surface area contributed by atoms with E-state index in [0.29, 0.717) is 5.69 Å². The molecule has 0 saturated heterocycles. The number of nitrogens with one attached hydrogen (secondary N) is 1. The molecule has 0 bridgehead atoms. The van der Waals surface area contributed by atoms with E-state index >= 15 is 0 Å². The molecule has 114 valence electrons. The second-order valence-electron chi connectivity index (χ2n) is 4.71. The van der Waals surface area contributed by atoms with E-state index in [9.17, 15) is 9.59 Å². The molecule has 7 nitrogen and oxygen atoms in total. The van der Waals surface area contributed by atoms with Gasteiger partial charge >= 0.3 is 0 Å². The minimum atomic E-state index is -0.810. The standard InChI is InChI=1S/C16H12N4O3/c17-15-11(16(18)22)9-12(14(21)13-7-4-8-23-13)19-20(15)10-5-2-1-3-6-10/h1-9,17H,(H2,18,22). The fourth-order valence-electron chi connectivity index (χ4n) is 2.09. The highest BCUT2D eigenvalue weighted by Crippen LogP contribution is 2.10. The number of rotatable bonds is 4. The number of para-hydroxylation sites is 1. The van der Waals surface area contributed by atoms with E-state index in [1.807, 2.05) is 0 Å². The second kappa shape index (κ2) is 5.72. The number of aromatic nitrogens is 2. The van der Waals surface area contributed by atoms with Crippen molar-refractivity contribution in [2.75, 3.05) is 0 Å². The lowest BCUT2D eigenvalue weighted by atomic mass is 10.1. The zero-order valence-electron chi connectivity index (χ0n) is 11.9. The number of carbonyl (C=O) groups excluding carboxylic acids is 2. The number of ketones is 1. The molecule has 2 heterocycles. The molecule has 3 rings (SSSR count). The molecule has 3 N–H and O–H groups in total. The summed E-state index contributed by atoms with van der Waals surface area (Å²) in [4.78, 5) is 24.0. The van der Waals surface area contributed by atoms with Gasteiger partial charge in [-0.15, -0.1) is 0 Å². The van der Waals surface area contributed by atoms with Gasteiger partial charge in [-0.05, 0) is 30.3 Å². The lowest BCUT2D eigenvalue weighted by Crippen LogP contribution is -2.32. The number of amides is 1. The molecule has 0 aliphatic rings. The Balaban J connectivity index is 2.23. The molecule has 0 unspecified atom stereocenters. The summed E-state index contributed by atoms with van der Waals surface area (Å²) in [6.45, 7) is 0. The highest BCUT2D eigenvalue weighted by molar-refractivity contribution is 6.06. The largest absolute Gasteiger partial charge is 0.461 e. The van der Waals surface area contributed by atoms with Crippen LogP contribution < -0.4 is 11.2 Å². The van der Waals surface area contributed by atoms with Gasteiger partial charge in [0.05, 0.1) is 17.5 Å². The zero-order chi connectivity index (χ0) is 16.4. The van der Waals surface area contributed by atoms with Crippen molar-refractivity contribution < 1.29 is 14.0 Å². The highest BCUT2D eigenvalue weighted by atomic mass is 16.3. The first-order valence-corrected chi connectivity index (χ1v) is 6.70. The molecule has 0 spiro atoms. The van der Waals surface area contributed by atoms with Crippen molar-refractivity contribution in [1.82, 2.24) is 9.78 Å². The van der Waals surface area contributed by atoms with Gasteiger partial charge in [0.25, 0.3) is 5.91 Å². The van der Waals surface area contributed by atoms with Crippen molar-refractivity contribution in [3.63, 3.8) is 0 Å². The maximum Gasteiger partial charge on any atom is 0.252 e. The number of primary amides is 1. The predicted octanol–water partition coefficient (Wildman–Crippen LogP) is 1.27. The maximum absolute atomic E-state index is 12.4. The molecule has 23 heavy (non-hydrogen) atoms. The third kappa shape index (κ3) is 2.67. The fourth-order valence-corrected chi connectivity index (χ4v) is 2.09. The number of hydrogen-bond donors (Lipinski definition) is 2. The minimum absolute atomic E-state index is 0.0337. The van der Waals surface area contributed by atoms with Crippen LogP contribution in [0, 0.1) is 5.41 Å². The first-order chi connectivity index (χ1) is 11.1. The molecule has 0 atom stereocenters.